The van der Waals surface area contributed by atoms with Crippen molar-refractivity contribution < 1.29 is 14.3 Å². The highest BCUT2D eigenvalue weighted by atomic mass is 35.5. The molecule has 0 spiro atoms. The first kappa shape index (κ1) is 21.5. The number of carbonyl (C=O) groups is 2. The van der Waals surface area contributed by atoms with Gasteiger partial charge >= 0.3 is 0 Å². The molecule has 1 saturated heterocycles. The number of fused-ring (bicyclic) bond motifs is 1. The van der Waals surface area contributed by atoms with Crippen LogP contribution < -0.4 is 5.32 Å². The minimum Gasteiger partial charge on any atom is -0.376 e. The van der Waals surface area contributed by atoms with E-state index in [1.54, 1.807) is 35.4 Å². The van der Waals surface area contributed by atoms with E-state index in [4.69, 9.17) is 16.3 Å². The normalized spacial score (nSPS) is 16.9. The van der Waals surface area contributed by atoms with Crippen molar-refractivity contribution >= 4 is 29.1 Å². The molecule has 4 rings (SSSR count). The third-order valence-electron chi connectivity index (χ3n) is 5.48. The van der Waals surface area contributed by atoms with Crippen LogP contribution in [0.4, 0.5) is 5.69 Å². The number of carbonyl (C=O) groups excluding carboxylic acids is 2. The van der Waals surface area contributed by atoms with E-state index in [1.165, 1.54) is 0 Å². The maximum absolute atomic E-state index is 12.7. The summed E-state index contributed by atoms with van der Waals surface area (Å²) in [5.74, 6) is 0.379. The number of hydrogen-bond acceptors (Lipinski definition) is 5. The van der Waals surface area contributed by atoms with E-state index in [-0.39, 0.29) is 11.8 Å². The Morgan fingerprint density at radius 1 is 1.29 bits per heavy atom. The quantitative estimate of drug-likeness (QED) is 0.665. The number of nitrogens with one attached hydrogen (secondary N) is 1. The number of halogens is 1. The van der Waals surface area contributed by atoms with E-state index < -0.39 is 0 Å². The van der Waals surface area contributed by atoms with Crippen molar-refractivity contribution in [2.75, 3.05) is 38.1 Å². The lowest BCUT2D eigenvalue weighted by Crippen LogP contribution is -2.52. The second-order valence-electron chi connectivity index (χ2n) is 7.60. The van der Waals surface area contributed by atoms with Gasteiger partial charge < -0.3 is 19.5 Å². The molecule has 0 radical (unpaired) electrons. The third kappa shape index (κ3) is 4.98. The van der Waals surface area contributed by atoms with Gasteiger partial charge in [-0.05, 0) is 19.1 Å². The molecule has 0 atom stereocenters. The largest absolute Gasteiger partial charge is 0.376 e. The first-order valence-electron chi connectivity index (χ1n) is 10.4. The fourth-order valence-corrected chi connectivity index (χ4v) is 3.98. The summed E-state index contributed by atoms with van der Waals surface area (Å²) in [6.45, 7) is 6.71. The molecule has 31 heavy (non-hydrogen) atoms. The van der Waals surface area contributed by atoms with Crippen LogP contribution in [0, 0.1) is 0 Å². The molecule has 164 valence electrons. The minimum atomic E-state index is -0.272. The number of likely N-dealkylation sites (tertiary alicyclic amines) is 1. The Bertz CT molecular complexity index is 983. The van der Waals surface area contributed by atoms with Gasteiger partial charge in [0.2, 0.25) is 5.91 Å². The van der Waals surface area contributed by atoms with E-state index in [9.17, 15) is 9.59 Å². The first-order valence-corrected chi connectivity index (χ1v) is 10.8. The predicted octanol–water partition coefficient (Wildman–Crippen LogP) is 2.41. The molecule has 1 fully saturated rings. The molecule has 3 heterocycles. The van der Waals surface area contributed by atoms with E-state index in [0.717, 1.165) is 26.2 Å². The molecular formula is C22H26ClN5O3. The lowest BCUT2D eigenvalue weighted by atomic mass is 10.1. The average molecular weight is 444 g/mol. The van der Waals surface area contributed by atoms with Gasteiger partial charge in [0, 0.05) is 45.4 Å². The Morgan fingerprint density at radius 2 is 2.10 bits per heavy atom. The van der Waals surface area contributed by atoms with Crippen molar-refractivity contribution in [1.82, 2.24) is 19.4 Å². The van der Waals surface area contributed by atoms with Crippen LogP contribution in [0.2, 0.25) is 5.02 Å². The molecule has 9 heteroatoms. The molecule has 1 aromatic carbocycles. The van der Waals surface area contributed by atoms with Crippen LogP contribution in [0.25, 0.3) is 0 Å². The first-order chi connectivity index (χ1) is 15.0. The summed E-state index contributed by atoms with van der Waals surface area (Å²) in [6, 6.07) is 7.08. The zero-order chi connectivity index (χ0) is 21.8. The predicted molar refractivity (Wildman–Crippen MR) is 118 cm³/mol. The van der Waals surface area contributed by atoms with Crippen LogP contribution in [0.3, 0.4) is 0 Å². The Kier molecular flexibility index (Phi) is 6.70. The fourth-order valence-electron chi connectivity index (χ4n) is 3.80. The average Bonchev–Trinajstić information content (AvgIpc) is 3.16. The number of hydrogen-bond donors (Lipinski definition) is 1. The van der Waals surface area contributed by atoms with Gasteiger partial charge in [0.25, 0.3) is 5.91 Å². The number of amides is 2. The SMILES string of the molecule is CCOC1CN(C/C=C/C(=O)N2CCn3c(C(=O)Nc4ccccc4Cl)cnc3C2)C1. The van der Waals surface area contributed by atoms with Gasteiger partial charge in [-0.1, -0.05) is 29.8 Å². The Labute approximate surface area is 186 Å². The number of para-hydroxylation sites is 1. The van der Waals surface area contributed by atoms with E-state index in [1.807, 2.05) is 23.6 Å². The number of benzene rings is 1. The van der Waals surface area contributed by atoms with Crippen LogP contribution in [0.5, 0.6) is 0 Å². The lowest BCUT2D eigenvalue weighted by Gasteiger charge is -2.38. The van der Waals surface area contributed by atoms with E-state index in [2.05, 4.69) is 15.2 Å². The van der Waals surface area contributed by atoms with Crippen LogP contribution in [-0.4, -0.2) is 70.1 Å². The third-order valence-corrected chi connectivity index (χ3v) is 5.81. The molecule has 1 aromatic heterocycles. The van der Waals surface area contributed by atoms with Gasteiger partial charge in [-0.3, -0.25) is 14.5 Å². The number of nitrogens with zero attached hydrogens (tertiary/aromatic N) is 4. The van der Waals surface area contributed by atoms with Crippen molar-refractivity contribution in [3.63, 3.8) is 0 Å². The summed E-state index contributed by atoms with van der Waals surface area (Å²) in [5, 5.41) is 3.30. The van der Waals surface area contributed by atoms with Crippen LogP contribution in [0.15, 0.2) is 42.6 Å². The second-order valence-corrected chi connectivity index (χ2v) is 8.01. The maximum atomic E-state index is 12.7. The highest BCUT2D eigenvalue weighted by Gasteiger charge is 2.27. The molecular weight excluding hydrogens is 418 g/mol. The van der Waals surface area contributed by atoms with Gasteiger partial charge in [0.1, 0.15) is 11.5 Å². The summed E-state index contributed by atoms with van der Waals surface area (Å²) in [4.78, 5) is 33.6. The van der Waals surface area contributed by atoms with Gasteiger partial charge in [0.15, 0.2) is 0 Å². The van der Waals surface area contributed by atoms with Crippen molar-refractivity contribution in [2.45, 2.75) is 26.1 Å². The highest BCUT2D eigenvalue weighted by molar-refractivity contribution is 6.33. The summed E-state index contributed by atoms with van der Waals surface area (Å²) in [6.07, 6.45) is 5.38. The fraction of sp³-hybridized carbons (Fsp3) is 0.409. The van der Waals surface area contributed by atoms with Crippen molar-refractivity contribution in [3.8, 4) is 0 Å². The van der Waals surface area contributed by atoms with Gasteiger partial charge in [-0.25, -0.2) is 4.98 Å². The summed E-state index contributed by atoms with van der Waals surface area (Å²) in [7, 11) is 0. The molecule has 0 saturated carbocycles. The van der Waals surface area contributed by atoms with Crippen LogP contribution in [0.1, 0.15) is 23.2 Å². The number of rotatable bonds is 7. The molecule has 2 amide bonds. The highest BCUT2D eigenvalue weighted by Crippen LogP contribution is 2.22. The molecule has 2 aliphatic rings. The number of anilines is 1. The molecule has 1 N–H and O–H groups in total. The Morgan fingerprint density at radius 3 is 2.87 bits per heavy atom. The molecule has 2 aliphatic heterocycles. The molecule has 0 unspecified atom stereocenters. The maximum Gasteiger partial charge on any atom is 0.273 e. The van der Waals surface area contributed by atoms with Crippen molar-refractivity contribution in [2.24, 2.45) is 0 Å². The zero-order valence-corrected chi connectivity index (χ0v) is 18.2. The smallest absolute Gasteiger partial charge is 0.273 e. The monoisotopic (exact) mass is 443 g/mol. The van der Waals surface area contributed by atoms with E-state index in [0.29, 0.717) is 48.0 Å². The van der Waals surface area contributed by atoms with Gasteiger partial charge in [-0.15, -0.1) is 0 Å². The summed E-state index contributed by atoms with van der Waals surface area (Å²) >= 11 is 6.13. The van der Waals surface area contributed by atoms with Crippen LogP contribution in [-0.2, 0) is 22.6 Å². The Balaban J connectivity index is 1.31. The van der Waals surface area contributed by atoms with Crippen LogP contribution >= 0.6 is 11.6 Å². The van der Waals surface area contributed by atoms with Crippen molar-refractivity contribution in [1.29, 1.82) is 0 Å². The standard InChI is InChI=1S/C22H26ClN5O3/c1-2-31-16-13-26(14-16)9-5-8-21(29)27-10-11-28-19(12-24-20(28)15-27)22(30)25-18-7-4-3-6-17(18)23/h3-8,12,16H,2,9-11,13-15H2,1H3,(H,25,30)/b8-5+. The van der Waals surface area contributed by atoms with Crippen molar-refractivity contribution in [3.05, 3.63) is 59.2 Å². The van der Waals surface area contributed by atoms with E-state index >= 15 is 0 Å². The number of aromatic nitrogens is 2. The lowest BCUT2D eigenvalue weighted by molar-refractivity contribution is -0.127. The van der Waals surface area contributed by atoms with Gasteiger partial charge in [0.05, 0.1) is 29.6 Å². The molecule has 0 aliphatic carbocycles. The van der Waals surface area contributed by atoms with Gasteiger partial charge in [-0.2, -0.15) is 0 Å². The second kappa shape index (κ2) is 9.64. The minimum absolute atomic E-state index is 0.0433. The molecule has 2 aromatic rings. The molecule has 0 bridgehead atoms. The number of ether oxygens (including phenoxy) is 1. The molecule has 8 nitrogen and oxygen atoms in total. The Hall–Kier alpha value is -2.68. The zero-order valence-electron chi connectivity index (χ0n) is 17.5. The summed E-state index contributed by atoms with van der Waals surface area (Å²) in [5.41, 5.74) is 1.01. The summed E-state index contributed by atoms with van der Waals surface area (Å²) < 4.78 is 7.39. The number of imidazole rings is 1. The topological polar surface area (TPSA) is 79.7 Å².